The molecule has 3 aromatic rings. The maximum Gasteiger partial charge on any atom is 0.258 e. The van der Waals surface area contributed by atoms with E-state index >= 15 is 0 Å². The van der Waals surface area contributed by atoms with Crippen molar-refractivity contribution < 1.29 is 22.7 Å². The molecule has 11 heteroatoms. The largest absolute Gasteiger partial charge is 0.385 e. The lowest BCUT2D eigenvalue weighted by atomic mass is 10.0. The van der Waals surface area contributed by atoms with Crippen LogP contribution in [0.5, 0.6) is 0 Å². The number of nitrogens with zero attached hydrogens (tertiary/aromatic N) is 2. The second kappa shape index (κ2) is 11.5. The van der Waals surface area contributed by atoms with Gasteiger partial charge >= 0.3 is 0 Å². The molecule has 0 saturated carbocycles. The molecule has 1 N–H and O–H groups in total. The molecule has 1 aliphatic rings. The fraction of sp³-hybridized carbons (Fsp3) is 0.385. The second-order valence-electron chi connectivity index (χ2n) is 8.90. The Kier molecular flexibility index (Phi) is 8.55. The zero-order valence-electron chi connectivity index (χ0n) is 21.0. The third kappa shape index (κ3) is 5.53. The number of methoxy groups -OCH3 is 1. The first kappa shape index (κ1) is 27.5. The SMILES string of the molecule is CCN(CCC(C)C(=O)Nc1ccc2c3c(cccc13)C(=O)N2CCCOC)S(=O)(=O)c1ccc(Cl)s1. The number of carbonyl (C=O) groups excluding carboxylic acids is 2. The number of thiophene rings is 1. The number of ether oxygens (including phenoxy) is 1. The number of hydrogen-bond donors (Lipinski definition) is 1. The molecule has 0 fully saturated rings. The van der Waals surface area contributed by atoms with E-state index in [1.54, 1.807) is 38.0 Å². The van der Waals surface area contributed by atoms with Gasteiger partial charge in [0.15, 0.2) is 0 Å². The first-order valence-electron chi connectivity index (χ1n) is 12.1. The van der Waals surface area contributed by atoms with Gasteiger partial charge in [-0.15, -0.1) is 11.3 Å². The highest BCUT2D eigenvalue weighted by Crippen LogP contribution is 2.40. The van der Waals surface area contributed by atoms with Crippen LogP contribution < -0.4 is 10.2 Å². The molecular weight excluding hydrogens is 534 g/mol. The van der Waals surface area contributed by atoms with Crippen molar-refractivity contribution >= 4 is 66.9 Å². The van der Waals surface area contributed by atoms with E-state index in [0.717, 1.165) is 34.2 Å². The molecule has 0 bridgehead atoms. The number of hydrogen-bond acceptors (Lipinski definition) is 6. The van der Waals surface area contributed by atoms with E-state index in [1.807, 2.05) is 24.3 Å². The Bertz CT molecular complexity index is 1420. The van der Waals surface area contributed by atoms with Crippen molar-refractivity contribution in [2.24, 2.45) is 5.92 Å². The van der Waals surface area contributed by atoms with E-state index in [1.165, 1.54) is 10.4 Å². The predicted octanol–water partition coefficient (Wildman–Crippen LogP) is 5.23. The molecule has 8 nitrogen and oxygen atoms in total. The highest BCUT2D eigenvalue weighted by molar-refractivity contribution is 7.91. The van der Waals surface area contributed by atoms with Crippen molar-refractivity contribution in [2.75, 3.05) is 43.6 Å². The molecule has 1 unspecified atom stereocenters. The topological polar surface area (TPSA) is 96.0 Å². The second-order valence-corrected chi connectivity index (χ2v) is 12.8. The minimum atomic E-state index is -3.67. The van der Waals surface area contributed by atoms with Crippen molar-refractivity contribution in [1.82, 2.24) is 4.31 Å². The molecular formula is C26H30ClN3O5S2. The number of rotatable bonds is 12. The van der Waals surface area contributed by atoms with Crippen LogP contribution in [0.15, 0.2) is 46.7 Å². The Labute approximate surface area is 226 Å². The van der Waals surface area contributed by atoms with Gasteiger partial charge in [0.1, 0.15) is 4.21 Å². The molecule has 0 spiro atoms. The molecule has 0 aliphatic carbocycles. The Hall–Kier alpha value is -2.50. The van der Waals surface area contributed by atoms with Crippen LogP contribution in [0.2, 0.25) is 4.34 Å². The summed E-state index contributed by atoms with van der Waals surface area (Å²) in [6, 6.07) is 12.3. The maximum absolute atomic E-state index is 13.1. The van der Waals surface area contributed by atoms with Crippen molar-refractivity contribution in [1.29, 1.82) is 0 Å². The van der Waals surface area contributed by atoms with E-state index in [2.05, 4.69) is 5.32 Å². The zero-order chi connectivity index (χ0) is 26.7. The first-order valence-corrected chi connectivity index (χ1v) is 14.7. The molecule has 1 aromatic heterocycles. The van der Waals surface area contributed by atoms with Crippen LogP contribution in [0.4, 0.5) is 11.4 Å². The third-order valence-electron chi connectivity index (χ3n) is 6.53. The number of sulfonamides is 1. The number of halogens is 1. The highest BCUT2D eigenvalue weighted by atomic mass is 35.5. The predicted molar refractivity (Wildman–Crippen MR) is 148 cm³/mol. The maximum atomic E-state index is 13.1. The standard InChI is InChI=1S/C26H30ClN3O5S2/c1-4-29(37(33,34)23-12-11-22(27)36-23)15-13-17(2)25(31)28-20-9-10-21-24-18(20)7-5-8-19(24)26(32)30(21)14-6-16-35-3/h5,7-12,17H,4,6,13-16H2,1-3H3,(H,28,31). The molecule has 2 heterocycles. The lowest BCUT2D eigenvalue weighted by molar-refractivity contribution is -0.119. The van der Waals surface area contributed by atoms with Gasteiger partial charge in [-0.2, -0.15) is 4.31 Å². The van der Waals surface area contributed by atoms with Crippen LogP contribution in [-0.4, -0.2) is 57.9 Å². The summed E-state index contributed by atoms with van der Waals surface area (Å²) >= 11 is 6.94. The molecule has 0 radical (unpaired) electrons. The monoisotopic (exact) mass is 563 g/mol. The Morgan fingerprint density at radius 2 is 2.00 bits per heavy atom. The van der Waals surface area contributed by atoms with Crippen molar-refractivity contribution in [3.63, 3.8) is 0 Å². The fourth-order valence-corrected chi connectivity index (χ4v) is 7.58. The van der Waals surface area contributed by atoms with Gasteiger partial charge in [0.2, 0.25) is 5.91 Å². The summed E-state index contributed by atoms with van der Waals surface area (Å²) in [7, 11) is -2.04. The zero-order valence-corrected chi connectivity index (χ0v) is 23.4. The summed E-state index contributed by atoms with van der Waals surface area (Å²) in [6.07, 6.45) is 1.07. The number of anilines is 2. The van der Waals surface area contributed by atoms with E-state index in [9.17, 15) is 18.0 Å². The van der Waals surface area contributed by atoms with E-state index in [4.69, 9.17) is 16.3 Å². The Morgan fingerprint density at radius 3 is 2.68 bits per heavy atom. The lowest BCUT2D eigenvalue weighted by Gasteiger charge is -2.21. The van der Waals surface area contributed by atoms with Gasteiger partial charge in [-0.05, 0) is 43.2 Å². The van der Waals surface area contributed by atoms with Gasteiger partial charge in [-0.3, -0.25) is 9.59 Å². The van der Waals surface area contributed by atoms with Crippen LogP contribution in [-0.2, 0) is 19.6 Å². The third-order valence-corrected chi connectivity index (χ3v) is 10.2. The Morgan fingerprint density at radius 1 is 1.22 bits per heavy atom. The minimum absolute atomic E-state index is 0.0542. The van der Waals surface area contributed by atoms with Crippen LogP contribution >= 0.6 is 22.9 Å². The molecule has 4 rings (SSSR count). The number of nitrogens with one attached hydrogen (secondary N) is 1. The summed E-state index contributed by atoms with van der Waals surface area (Å²) in [5.41, 5.74) is 2.07. The van der Waals surface area contributed by atoms with Gasteiger partial charge in [-0.1, -0.05) is 37.6 Å². The van der Waals surface area contributed by atoms with E-state index < -0.39 is 15.9 Å². The Balaban J connectivity index is 1.47. The first-order chi connectivity index (χ1) is 17.7. The highest BCUT2D eigenvalue weighted by Gasteiger charge is 2.31. The molecule has 1 atom stereocenters. The van der Waals surface area contributed by atoms with Gasteiger partial charge in [0.05, 0.1) is 10.0 Å². The van der Waals surface area contributed by atoms with Crippen LogP contribution in [0.3, 0.4) is 0 Å². The van der Waals surface area contributed by atoms with Gasteiger partial charge < -0.3 is 15.0 Å². The van der Waals surface area contributed by atoms with Crippen LogP contribution in [0.1, 0.15) is 37.0 Å². The normalized spacial score (nSPS) is 14.1. The average Bonchev–Trinajstić information content (AvgIpc) is 3.44. The lowest BCUT2D eigenvalue weighted by Crippen LogP contribution is -2.33. The van der Waals surface area contributed by atoms with Crippen molar-refractivity contribution in [3.8, 4) is 0 Å². The van der Waals surface area contributed by atoms with E-state index in [0.29, 0.717) is 35.2 Å². The van der Waals surface area contributed by atoms with Crippen molar-refractivity contribution in [2.45, 2.75) is 30.9 Å². The van der Waals surface area contributed by atoms with Crippen LogP contribution in [0, 0.1) is 5.92 Å². The molecule has 0 saturated heterocycles. The molecule has 198 valence electrons. The molecule has 2 aromatic carbocycles. The number of benzene rings is 2. The number of carbonyl (C=O) groups is 2. The van der Waals surface area contributed by atoms with Crippen molar-refractivity contribution in [3.05, 3.63) is 52.4 Å². The summed E-state index contributed by atoms with van der Waals surface area (Å²) < 4.78 is 33.0. The minimum Gasteiger partial charge on any atom is -0.385 e. The molecule has 37 heavy (non-hydrogen) atoms. The van der Waals surface area contributed by atoms with Gasteiger partial charge in [0.25, 0.3) is 15.9 Å². The summed E-state index contributed by atoms with van der Waals surface area (Å²) in [6.45, 7) is 5.15. The summed E-state index contributed by atoms with van der Waals surface area (Å²) in [4.78, 5) is 27.9. The summed E-state index contributed by atoms with van der Waals surface area (Å²) in [5.74, 6) is -0.706. The molecule has 2 amide bonds. The van der Waals surface area contributed by atoms with Gasteiger partial charge in [0, 0.05) is 61.3 Å². The quantitative estimate of drug-likeness (QED) is 0.305. The van der Waals surface area contributed by atoms with Gasteiger partial charge in [-0.25, -0.2) is 8.42 Å². The van der Waals surface area contributed by atoms with Crippen LogP contribution in [0.25, 0.3) is 10.8 Å². The summed E-state index contributed by atoms with van der Waals surface area (Å²) in [5, 5.41) is 4.62. The number of amides is 2. The smallest absolute Gasteiger partial charge is 0.258 e. The van der Waals surface area contributed by atoms with E-state index in [-0.39, 0.29) is 29.1 Å². The molecule has 1 aliphatic heterocycles. The average molecular weight is 564 g/mol. The fourth-order valence-electron chi connectivity index (χ4n) is 4.48.